The summed E-state index contributed by atoms with van der Waals surface area (Å²) in [7, 11) is 0. The maximum Gasteiger partial charge on any atom is 0.269 e. The second-order valence-electron chi connectivity index (χ2n) is 4.38. The van der Waals surface area contributed by atoms with Crippen LogP contribution in [-0.2, 0) is 0 Å². The Balaban J connectivity index is 1.67. The van der Waals surface area contributed by atoms with Crippen molar-refractivity contribution >= 4 is 5.91 Å². The second kappa shape index (κ2) is 6.12. The number of amides is 1. The van der Waals surface area contributed by atoms with Crippen LogP contribution < -0.4 is 10.6 Å². The van der Waals surface area contributed by atoms with Crippen molar-refractivity contribution in [2.24, 2.45) is 0 Å². The van der Waals surface area contributed by atoms with E-state index in [2.05, 4.69) is 15.6 Å². The van der Waals surface area contributed by atoms with E-state index in [-0.39, 0.29) is 5.91 Å². The van der Waals surface area contributed by atoms with E-state index in [0.717, 1.165) is 13.0 Å². The molecule has 2 rings (SSSR count). The highest BCUT2D eigenvalue weighted by molar-refractivity contribution is 5.92. The van der Waals surface area contributed by atoms with Crippen LogP contribution in [0.1, 0.15) is 35.3 Å². The zero-order valence-corrected chi connectivity index (χ0v) is 10.1. The fraction of sp³-hybridized carbons (Fsp3) is 0.462. The largest absolute Gasteiger partial charge is 0.351 e. The molecule has 0 saturated heterocycles. The number of nitriles is 1. The fourth-order valence-corrected chi connectivity index (χ4v) is 1.57. The molecule has 1 aromatic rings. The van der Waals surface area contributed by atoms with Crippen LogP contribution in [0.3, 0.4) is 0 Å². The summed E-state index contributed by atoms with van der Waals surface area (Å²) in [5.74, 6) is -0.189. The lowest BCUT2D eigenvalue weighted by Gasteiger charge is -2.05. The van der Waals surface area contributed by atoms with Gasteiger partial charge in [-0.3, -0.25) is 4.79 Å². The van der Waals surface area contributed by atoms with Gasteiger partial charge in [-0.05, 0) is 37.9 Å². The van der Waals surface area contributed by atoms with Crippen molar-refractivity contribution in [1.82, 2.24) is 15.6 Å². The molecule has 0 aliphatic heterocycles. The van der Waals surface area contributed by atoms with Crippen molar-refractivity contribution in [3.63, 3.8) is 0 Å². The number of carbonyl (C=O) groups excluding carboxylic acids is 1. The summed E-state index contributed by atoms with van der Waals surface area (Å²) < 4.78 is 0. The normalized spacial score (nSPS) is 13.9. The van der Waals surface area contributed by atoms with E-state index in [1.807, 2.05) is 6.07 Å². The summed E-state index contributed by atoms with van der Waals surface area (Å²) in [4.78, 5) is 15.6. The Kier molecular flexibility index (Phi) is 4.26. The van der Waals surface area contributed by atoms with Crippen LogP contribution in [0.4, 0.5) is 0 Å². The number of nitrogens with one attached hydrogen (secondary N) is 2. The van der Waals surface area contributed by atoms with Crippen LogP contribution in [0, 0.1) is 11.3 Å². The van der Waals surface area contributed by atoms with Crippen LogP contribution in [0.2, 0.25) is 0 Å². The van der Waals surface area contributed by atoms with Gasteiger partial charge in [0.1, 0.15) is 11.8 Å². The molecular formula is C13H16N4O. The zero-order valence-electron chi connectivity index (χ0n) is 10.1. The monoisotopic (exact) mass is 244 g/mol. The lowest BCUT2D eigenvalue weighted by atomic mass is 10.2. The van der Waals surface area contributed by atoms with Crippen LogP contribution in [0.15, 0.2) is 18.3 Å². The highest BCUT2D eigenvalue weighted by Gasteiger charge is 2.19. The molecule has 1 aromatic heterocycles. The molecule has 18 heavy (non-hydrogen) atoms. The quantitative estimate of drug-likeness (QED) is 0.726. The van der Waals surface area contributed by atoms with E-state index < -0.39 is 0 Å². The Labute approximate surface area is 106 Å². The predicted octanol–water partition coefficient (Wildman–Crippen LogP) is 0.825. The molecular weight excluding hydrogens is 228 g/mol. The number of carbonyl (C=O) groups is 1. The van der Waals surface area contributed by atoms with Gasteiger partial charge in [-0.15, -0.1) is 0 Å². The molecule has 0 unspecified atom stereocenters. The van der Waals surface area contributed by atoms with Crippen LogP contribution in [0.25, 0.3) is 0 Å². The Morgan fingerprint density at radius 3 is 2.89 bits per heavy atom. The summed E-state index contributed by atoms with van der Waals surface area (Å²) in [5.41, 5.74) is 0.810. The van der Waals surface area contributed by atoms with Crippen molar-refractivity contribution < 1.29 is 4.79 Å². The molecule has 1 heterocycles. The third kappa shape index (κ3) is 3.82. The van der Waals surface area contributed by atoms with Gasteiger partial charge in [0.25, 0.3) is 5.91 Å². The van der Waals surface area contributed by atoms with Gasteiger partial charge >= 0.3 is 0 Å². The lowest BCUT2D eigenvalue weighted by Crippen LogP contribution is -2.28. The van der Waals surface area contributed by atoms with Crippen molar-refractivity contribution in [1.29, 1.82) is 5.26 Å². The van der Waals surface area contributed by atoms with Gasteiger partial charge in [0.2, 0.25) is 0 Å². The molecule has 0 radical (unpaired) electrons. The third-order valence-corrected chi connectivity index (χ3v) is 2.77. The van der Waals surface area contributed by atoms with E-state index >= 15 is 0 Å². The van der Waals surface area contributed by atoms with E-state index in [1.165, 1.54) is 19.0 Å². The minimum absolute atomic E-state index is 0.189. The van der Waals surface area contributed by atoms with Gasteiger partial charge in [-0.2, -0.15) is 5.26 Å². The van der Waals surface area contributed by atoms with Crippen molar-refractivity contribution in [3.8, 4) is 6.07 Å². The smallest absolute Gasteiger partial charge is 0.269 e. The van der Waals surface area contributed by atoms with E-state index in [1.54, 1.807) is 12.1 Å². The van der Waals surface area contributed by atoms with Crippen LogP contribution in [-0.4, -0.2) is 30.0 Å². The van der Waals surface area contributed by atoms with E-state index in [0.29, 0.717) is 23.8 Å². The SMILES string of the molecule is N#Cc1ccc(C(=O)NCCCNC2CC2)nc1. The van der Waals surface area contributed by atoms with Crippen LogP contribution >= 0.6 is 0 Å². The first kappa shape index (κ1) is 12.5. The molecule has 5 nitrogen and oxygen atoms in total. The molecule has 5 heteroatoms. The standard InChI is InChI=1S/C13H16N4O/c14-8-10-2-5-12(17-9-10)13(18)16-7-1-6-15-11-3-4-11/h2,5,9,11,15H,1,3-4,6-7H2,(H,16,18). The average molecular weight is 244 g/mol. The predicted molar refractivity (Wildman–Crippen MR) is 66.9 cm³/mol. The maximum atomic E-state index is 11.7. The Morgan fingerprint density at radius 1 is 1.44 bits per heavy atom. The number of nitrogens with zero attached hydrogens (tertiary/aromatic N) is 2. The highest BCUT2D eigenvalue weighted by Crippen LogP contribution is 2.18. The summed E-state index contributed by atoms with van der Waals surface area (Å²) in [6, 6.07) is 5.84. The van der Waals surface area contributed by atoms with Crippen LogP contribution in [0.5, 0.6) is 0 Å². The van der Waals surface area contributed by atoms with E-state index in [9.17, 15) is 4.79 Å². The van der Waals surface area contributed by atoms with Gasteiger partial charge in [0.05, 0.1) is 5.56 Å². The first-order chi connectivity index (χ1) is 8.79. The number of rotatable bonds is 6. The number of hydrogen-bond donors (Lipinski definition) is 2. The molecule has 1 saturated carbocycles. The van der Waals surface area contributed by atoms with Crippen molar-refractivity contribution in [2.45, 2.75) is 25.3 Å². The van der Waals surface area contributed by atoms with Gasteiger partial charge in [0.15, 0.2) is 0 Å². The Hall–Kier alpha value is -1.93. The summed E-state index contributed by atoms with van der Waals surface area (Å²) in [5, 5.41) is 14.8. The third-order valence-electron chi connectivity index (χ3n) is 2.77. The first-order valence-electron chi connectivity index (χ1n) is 6.17. The molecule has 94 valence electrons. The Bertz CT molecular complexity index is 445. The average Bonchev–Trinajstić information content (AvgIpc) is 3.22. The molecule has 0 aromatic carbocycles. The van der Waals surface area contributed by atoms with Gasteiger partial charge in [-0.25, -0.2) is 4.98 Å². The number of hydrogen-bond acceptors (Lipinski definition) is 4. The summed E-state index contributed by atoms with van der Waals surface area (Å²) in [6.07, 6.45) is 4.88. The minimum Gasteiger partial charge on any atom is -0.351 e. The molecule has 2 N–H and O–H groups in total. The minimum atomic E-state index is -0.189. The highest BCUT2D eigenvalue weighted by atomic mass is 16.1. The number of aromatic nitrogens is 1. The molecule has 1 fully saturated rings. The summed E-state index contributed by atoms with van der Waals surface area (Å²) >= 11 is 0. The van der Waals surface area contributed by atoms with E-state index in [4.69, 9.17) is 5.26 Å². The molecule has 1 aliphatic carbocycles. The molecule has 0 bridgehead atoms. The summed E-state index contributed by atoms with van der Waals surface area (Å²) in [6.45, 7) is 1.58. The number of pyridine rings is 1. The van der Waals surface area contributed by atoms with Crippen molar-refractivity contribution in [3.05, 3.63) is 29.6 Å². The lowest BCUT2D eigenvalue weighted by molar-refractivity contribution is 0.0948. The van der Waals surface area contributed by atoms with Gasteiger partial charge in [-0.1, -0.05) is 0 Å². The second-order valence-corrected chi connectivity index (χ2v) is 4.38. The molecule has 1 aliphatic rings. The fourth-order valence-electron chi connectivity index (χ4n) is 1.57. The topological polar surface area (TPSA) is 77.8 Å². The van der Waals surface area contributed by atoms with Crippen molar-refractivity contribution in [2.75, 3.05) is 13.1 Å². The molecule has 0 spiro atoms. The molecule has 0 atom stereocenters. The first-order valence-corrected chi connectivity index (χ1v) is 6.17. The zero-order chi connectivity index (χ0) is 12.8. The van der Waals surface area contributed by atoms with Gasteiger partial charge in [0, 0.05) is 18.8 Å². The maximum absolute atomic E-state index is 11.7. The molecule has 1 amide bonds. The van der Waals surface area contributed by atoms with Gasteiger partial charge < -0.3 is 10.6 Å². The Morgan fingerprint density at radius 2 is 2.28 bits per heavy atom.